The Morgan fingerprint density at radius 1 is 1.36 bits per heavy atom. The van der Waals surface area contributed by atoms with Crippen molar-refractivity contribution in [2.45, 2.75) is 39.3 Å². The van der Waals surface area contributed by atoms with Crippen LogP contribution in [-0.4, -0.2) is 61.6 Å². The molecular weight excluding hydrogens is 467 g/mol. The molecule has 1 aromatic rings. The summed E-state index contributed by atoms with van der Waals surface area (Å²) < 4.78 is 5.50. The minimum Gasteiger partial charge on any atom is -0.381 e. The fourth-order valence-electron chi connectivity index (χ4n) is 3.77. The van der Waals surface area contributed by atoms with E-state index in [-0.39, 0.29) is 29.9 Å². The molecule has 1 N–H and O–H groups in total. The van der Waals surface area contributed by atoms with E-state index in [0.717, 1.165) is 51.6 Å². The molecule has 0 saturated carbocycles. The van der Waals surface area contributed by atoms with Gasteiger partial charge in [-0.15, -0.1) is 24.0 Å². The molecule has 0 aliphatic carbocycles. The van der Waals surface area contributed by atoms with Gasteiger partial charge >= 0.3 is 0 Å². The van der Waals surface area contributed by atoms with Crippen LogP contribution >= 0.6 is 24.0 Å². The van der Waals surface area contributed by atoms with E-state index in [2.05, 4.69) is 36.3 Å². The third-order valence-corrected chi connectivity index (χ3v) is 5.30. The summed E-state index contributed by atoms with van der Waals surface area (Å²) in [5.74, 6) is 1.77. The van der Waals surface area contributed by atoms with Crippen molar-refractivity contribution < 1.29 is 9.53 Å². The number of carbonyl (C=O) groups is 1. The molecule has 0 bridgehead atoms. The zero-order chi connectivity index (χ0) is 19.1. The van der Waals surface area contributed by atoms with Crippen LogP contribution in [0.4, 0.5) is 0 Å². The van der Waals surface area contributed by atoms with Crippen LogP contribution in [0, 0.1) is 5.92 Å². The highest BCUT2D eigenvalue weighted by atomic mass is 127. The zero-order valence-electron chi connectivity index (χ0n) is 17.0. The van der Waals surface area contributed by atoms with Gasteiger partial charge in [-0.3, -0.25) is 4.79 Å². The molecule has 2 fully saturated rings. The van der Waals surface area contributed by atoms with Gasteiger partial charge < -0.3 is 19.9 Å². The molecule has 1 unspecified atom stereocenters. The van der Waals surface area contributed by atoms with E-state index in [9.17, 15) is 4.79 Å². The summed E-state index contributed by atoms with van der Waals surface area (Å²) in [6.07, 6.45) is 2.77. The molecule has 28 heavy (non-hydrogen) atoms. The topological polar surface area (TPSA) is 57.2 Å². The van der Waals surface area contributed by atoms with Crippen molar-refractivity contribution >= 4 is 35.8 Å². The third-order valence-electron chi connectivity index (χ3n) is 5.30. The van der Waals surface area contributed by atoms with Gasteiger partial charge in [-0.1, -0.05) is 24.3 Å². The minimum atomic E-state index is 0. The van der Waals surface area contributed by atoms with E-state index in [1.54, 1.807) is 0 Å². The lowest BCUT2D eigenvalue weighted by molar-refractivity contribution is -0.128. The smallest absolute Gasteiger partial charge is 0.222 e. The first kappa shape index (κ1) is 22.9. The largest absolute Gasteiger partial charge is 0.381 e. The van der Waals surface area contributed by atoms with Crippen molar-refractivity contribution in [2.24, 2.45) is 10.9 Å². The highest BCUT2D eigenvalue weighted by Gasteiger charge is 2.21. The van der Waals surface area contributed by atoms with Crippen LogP contribution in [0.1, 0.15) is 37.3 Å². The molecule has 156 valence electrons. The van der Waals surface area contributed by atoms with Crippen LogP contribution in [0.15, 0.2) is 29.3 Å². The van der Waals surface area contributed by atoms with E-state index >= 15 is 0 Å². The Kier molecular flexibility index (Phi) is 9.50. The molecule has 1 aromatic carbocycles. The minimum absolute atomic E-state index is 0. The van der Waals surface area contributed by atoms with E-state index < -0.39 is 0 Å². The average molecular weight is 500 g/mol. The molecule has 0 spiro atoms. The van der Waals surface area contributed by atoms with Gasteiger partial charge in [0, 0.05) is 52.2 Å². The number of guanidine groups is 1. The van der Waals surface area contributed by atoms with Gasteiger partial charge in [0.2, 0.25) is 5.91 Å². The van der Waals surface area contributed by atoms with Gasteiger partial charge in [-0.05, 0) is 30.9 Å². The summed E-state index contributed by atoms with van der Waals surface area (Å²) in [5.41, 5.74) is 2.38. The van der Waals surface area contributed by atoms with Crippen LogP contribution in [-0.2, 0) is 22.6 Å². The number of rotatable bonds is 7. The lowest BCUT2D eigenvalue weighted by atomic mass is 10.1. The first-order valence-corrected chi connectivity index (χ1v) is 10.1. The molecule has 1 amide bonds. The van der Waals surface area contributed by atoms with Crippen molar-refractivity contribution in [3.63, 3.8) is 0 Å². The van der Waals surface area contributed by atoms with Gasteiger partial charge in [-0.2, -0.15) is 0 Å². The van der Waals surface area contributed by atoms with Gasteiger partial charge in [0.1, 0.15) is 0 Å². The number of hydrogen-bond acceptors (Lipinski definition) is 3. The van der Waals surface area contributed by atoms with Crippen molar-refractivity contribution in [2.75, 3.05) is 39.9 Å². The van der Waals surface area contributed by atoms with Crippen LogP contribution in [0.5, 0.6) is 0 Å². The molecule has 2 aliphatic heterocycles. The number of halogens is 1. The monoisotopic (exact) mass is 500 g/mol. The fourth-order valence-corrected chi connectivity index (χ4v) is 3.77. The molecule has 1 atom stereocenters. The molecule has 6 nitrogen and oxygen atoms in total. The number of aliphatic imine (C=N–C) groups is 1. The van der Waals surface area contributed by atoms with Crippen molar-refractivity contribution in [1.82, 2.24) is 15.1 Å². The number of benzene rings is 1. The summed E-state index contributed by atoms with van der Waals surface area (Å²) in [6, 6.07) is 8.32. The molecule has 2 saturated heterocycles. The molecule has 2 aliphatic rings. The molecular formula is C21H33IN4O2. The highest BCUT2D eigenvalue weighted by Crippen LogP contribution is 2.18. The zero-order valence-corrected chi connectivity index (χ0v) is 19.4. The number of nitrogens with one attached hydrogen (secondary N) is 1. The number of ether oxygens (including phenoxy) is 1. The Labute approximate surface area is 185 Å². The maximum Gasteiger partial charge on any atom is 0.222 e. The number of carbonyl (C=O) groups excluding carboxylic acids is 1. The molecule has 0 aromatic heterocycles. The highest BCUT2D eigenvalue weighted by molar-refractivity contribution is 14.0. The Morgan fingerprint density at radius 3 is 2.79 bits per heavy atom. The van der Waals surface area contributed by atoms with E-state index in [1.165, 1.54) is 11.1 Å². The number of hydrogen-bond donors (Lipinski definition) is 1. The summed E-state index contributed by atoms with van der Waals surface area (Å²) in [5, 5.41) is 3.40. The summed E-state index contributed by atoms with van der Waals surface area (Å²) >= 11 is 0. The van der Waals surface area contributed by atoms with E-state index in [0.29, 0.717) is 25.4 Å². The summed E-state index contributed by atoms with van der Waals surface area (Å²) in [6.45, 7) is 7.78. The average Bonchev–Trinajstić information content (AvgIpc) is 3.32. The summed E-state index contributed by atoms with van der Waals surface area (Å²) in [7, 11) is 2.09. The van der Waals surface area contributed by atoms with Crippen molar-refractivity contribution in [3.8, 4) is 0 Å². The quantitative estimate of drug-likeness (QED) is 0.356. The Bertz CT molecular complexity index is 662. The first-order valence-electron chi connectivity index (χ1n) is 10.1. The maximum atomic E-state index is 12.0. The molecule has 0 radical (unpaired) electrons. The van der Waals surface area contributed by atoms with Gasteiger partial charge in [0.15, 0.2) is 5.96 Å². The van der Waals surface area contributed by atoms with Gasteiger partial charge in [0.05, 0.1) is 13.2 Å². The first-order chi connectivity index (χ1) is 13.2. The van der Waals surface area contributed by atoms with E-state index in [1.807, 2.05) is 17.0 Å². The van der Waals surface area contributed by atoms with Crippen LogP contribution < -0.4 is 5.32 Å². The maximum absolute atomic E-state index is 12.0. The Hall–Kier alpha value is -1.35. The van der Waals surface area contributed by atoms with Crippen LogP contribution in [0.25, 0.3) is 0 Å². The lowest BCUT2D eigenvalue weighted by Crippen LogP contribution is -2.41. The Balaban J connectivity index is 0.00000280. The van der Waals surface area contributed by atoms with Crippen molar-refractivity contribution in [1.29, 1.82) is 0 Å². The van der Waals surface area contributed by atoms with E-state index in [4.69, 9.17) is 9.73 Å². The van der Waals surface area contributed by atoms with Gasteiger partial charge in [0.25, 0.3) is 0 Å². The molecule has 3 rings (SSSR count). The molecule has 2 heterocycles. The lowest BCUT2D eigenvalue weighted by Gasteiger charge is -2.24. The summed E-state index contributed by atoms with van der Waals surface area (Å²) in [4.78, 5) is 21.0. The second kappa shape index (κ2) is 11.6. The number of nitrogens with zero attached hydrogens (tertiary/aromatic N) is 3. The van der Waals surface area contributed by atoms with Crippen molar-refractivity contribution in [3.05, 3.63) is 35.4 Å². The number of amides is 1. The normalized spacial score (nSPS) is 19.6. The third kappa shape index (κ3) is 6.34. The fraction of sp³-hybridized carbons (Fsp3) is 0.619. The standard InChI is InChI=1S/C21H32N4O2.HI/c1-3-22-21(24(2)14-17-10-12-27-16-17)23-13-18-7-4-5-8-19(18)15-25-11-6-9-20(25)26;/h4-5,7-8,17H,3,6,9-16H2,1-2H3,(H,22,23);1H. The van der Waals surface area contributed by atoms with Gasteiger partial charge in [-0.25, -0.2) is 4.99 Å². The molecule has 7 heteroatoms. The van der Waals surface area contributed by atoms with Crippen LogP contribution in [0.2, 0.25) is 0 Å². The Morgan fingerprint density at radius 2 is 2.14 bits per heavy atom. The predicted molar refractivity (Wildman–Crippen MR) is 123 cm³/mol. The second-order valence-corrected chi connectivity index (χ2v) is 7.47. The second-order valence-electron chi connectivity index (χ2n) is 7.47. The SMILES string of the molecule is CCNC(=NCc1ccccc1CN1CCCC1=O)N(C)CC1CCOC1.I. The predicted octanol–water partition coefficient (Wildman–Crippen LogP) is 2.86. The van der Waals surface area contributed by atoms with Crippen LogP contribution in [0.3, 0.4) is 0 Å². The number of likely N-dealkylation sites (tertiary alicyclic amines) is 1.